The highest BCUT2D eigenvalue weighted by atomic mass is 19.1. The number of rotatable bonds is 3. The van der Waals surface area contributed by atoms with E-state index in [1.807, 2.05) is 6.07 Å². The van der Waals surface area contributed by atoms with Gasteiger partial charge >= 0.3 is 0 Å². The SMILES string of the molecule is Cc1cc(NC=C2C(=O)Nc3ccc(F)cc32)ccc1N1CCC(C)CC1. The molecule has 2 aromatic rings. The quantitative estimate of drug-likeness (QED) is 0.770. The van der Waals surface area contributed by atoms with E-state index in [9.17, 15) is 9.18 Å². The van der Waals surface area contributed by atoms with Crippen molar-refractivity contribution in [3.63, 3.8) is 0 Å². The number of anilines is 3. The number of hydrogen-bond donors (Lipinski definition) is 2. The van der Waals surface area contributed by atoms with E-state index in [2.05, 4.69) is 41.5 Å². The van der Waals surface area contributed by atoms with Crippen molar-refractivity contribution in [2.45, 2.75) is 26.7 Å². The van der Waals surface area contributed by atoms with E-state index in [-0.39, 0.29) is 11.7 Å². The van der Waals surface area contributed by atoms with Crippen molar-refractivity contribution in [1.82, 2.24) is 0 Å². The van der Waals surface area contributed by atoms with Crippen LogP contribution in [-0.2, 0) is 4.79 Å². The van der Waals surface area contributed by atoms with Crippen molar-refractivity contribution in [2.75, 3.05) is 28.6 Å². The van der Waals surface area contributed by atoms with E-state index in [0.29, 0.717) is 16.8 Å². The molecular formula is C22H24FN3O. The number of nitrogens with zero attached hydrogens (tertiary/aromatic N) is 1. The first-order valence-corrected chi connectivity index (χ1v) is 9.45. The molecule has 2 N–H and O–H groups in total. The van der Waals surface area contributed by atoms with Crippen molar-refractivity contribution in [2.24, 2.45) is 5.92 Å². The largest absolute Gasteiger partial charge is 0.371 e. The van der Waals surface area contributed by atoms with E-state index in [1.165, 1.54) is 36.2 Å². The molecule has 1 amide bonds. The monoisotopic (exact) mass is 365 g/mol. The lowest BCUT2D eigenvalue weighted by Crippen LogP contribution is -2.33. The molecule has 2 aromatic carbocycles. The number of halogens is 1. The summed E-state index contributed by atoms with van der Waals surface area (Å²) >= 11 is 0. The van der Waals surface area contributed by atoms with E-state index in [4.69, 9.17) is 0 Å². The van der Waals surface area contributed by atoms with Crippen LogP contribution in [0.1, 0.15) is 30.9 Å². The van der Waals surface area contributed by atoms with Crippen LogP contribution in [-0.4, -0.2) is 19.0 Å². The minimum absolute atomic E-state index is 0.223. The first-order chi connectivity index (χ1) is 13.0. The molecule has 0 aromatic heterocycles. The molecule has 5 heteroatoms. The number of carbonyl (C=O) groups excluding carboxylic acids is 1. The summed E-state index contributed by atoms with van der Waals surface area (Å²) in [6, 6.07) is 10.6. The summed E-state index contributed by atoms with van der Waals surface area (Å²) in [5.41, 5.74) is 5.05. The maximum atomic E-state index is 13.5. The van der Waals surface area contributed by atoms with Gasteiger partial charge in [-0.3, -0.25) is 4.79 Å². The van der Waals surface area contributed by atoms with Gasteiger partial charge in [-0.1, -0.05) is 6.92 Å². The lowest BCUT2D eigenvalue weighted by atomic mass is 9.98. The van der Waals surface area contributed by atoms with Crippen LogP contribution >= 0.6 is 0 Å². The smallest absolute Gasteiger partial charge is 0.257 e. The maximum Gasteiger partial charge on any atom is 0.257 e. The van der Waals surface area contributed by atoms with Crippen LogP contribution < -0.4 is 15.5 Å². The van der Waals surface area contributed by atoms with Crippen molar-refractivity contribution >= 4 is 28.5 Å². The van der Waals surface area contributed by atoms with Crippen LogP contribution in [0.3, 0.4) is 0 Å². The number of carbonyl (C=O) groups is 1. The van der Waals surface area contributed by atoms with Crippen molar-refractivity contribution in [3.8, 4) is 0 Å². The summed E-state index contributed by atoms with van der Waals surface area (Å²) in [5.74, 6) is 0.227. The van der Waals surface area contributed by atoms with Crippen molar-refractivity contribution in [1.29, 1.82) is 0 Å². The zero-order chi connectivity index (χ0) is 19.0. The highest BCUT2D eigenvalue weighted by Gasteiger charge is 2.24. The molecule has 4 rings (SSSR count). The third-order valence-corrected chi connectivity index (χ3v) is 5.47. The highest BCUT2D eigenvalue weighted by Crippen LogP contribution is 2.33. The highest BCUT2D eigenvalue weighted by molar-refractivity contribution is 6.31. The Morgan fingerprint density at radius 3 is 2.70 bits per heavy atom. The fourth-order valence-electron chi connectivity index (χ4n) is 3.81. The van der Waals surface area contributed by atoms with Gasteiger partial charge in [0.1, 0.15) is 5.82 Å². The number of nitrogens with one attached hydrogen (secondary N) is 2. The van der Waals surface area contributed by atoms with Gasteiger partial charge in [0.2, 0.25) is 0 Å². The van der Waals surface area contributed by atoms with Gasteiger partial charge in [0.25, 0.3) is 5.91 Å². The van der Waals surface area contributed by atoms with Crippen LogP contribution in [0, 0.1) is 18.7 Å². The van der Waals surface area contributed by atoms with Gasteiger partial charge in [0.05, 0.1) is 5.57 Å². The molecule has 1 saturated heterocycles. The Kier molecular flexibility index (Phi) is 4.60. The predicted octanol–water partition coefficient (Wildman–Crippen LogP) is 4.78. The summed E-state index contributed by atoms with van der Waals surface area (Å²) in [6.07, 6.45) is 4.12. The van der Waals surface area contributed by atoms with Gasteiger partial charge < -0.3 is 15.5 Å². The maximum absolute atomic E-state index is 13.5. The fraction of sp³-hybridized carbons (Fsp3) is 0.318. The second kappa shape index (κ2) is 7.06. The zero-order valence-electron chi connectivity index (χ0n) is 15.7. The molecule has 0 bridgehead atoms. The summed E-state index contributed by atoms with van der Waals surface area (Å²) < 4.78 is 13.5. The first-order valence-electron chi connectivity index (χ1n) is 9.45. The van der Waals surface area contributed by atoms with E-state index < -0.39 is 0 Å². The molecule has 0 unspecified atom stereocenters. The van der Waals surface area contributed by atoms with Gasteiger partial charge in [-0.25, -0.2) is 4.39 Å². The Morgan fingerprint density at radius 1 is 1.19 bits per heavy atom. The summed E-state index contributed by atoms with van der Waals surface area (Å²) in [7, 11) is 0. The Hall–Kier alpha value is -2.82. The summed E-state index contributed by atoms with van der Waals surface area (Å²) in [4.78, 5) is 14.6. The Labute approximate surface area is 159 Å². The molecule has 140 valence electrons. The molecule has 2 aliphatic rings. The summed E-state index contributed by atoms with van der Waals surface area (Å²) in [6.45, 7) is 6.62. The lowest BCUT2D eigenvalue weighted by molar-refractivity contribution is -0.110. The van der Waals surface area contributed by atoms with Crippen LogP contribution in [0.15, 0.2) is 42.6 Å². The van der Waals surface area contributed by atoms with Crippen LogP contribution in [0.5, 0.6) is 0 Å². The standard InChI is InChI=1S/C22H24FN3O/c1-14-7-9-26(10-8-14)21-6-4-17(11-15(21)2)24-13-19-18-12-16(23)3-5-20(18)25-22(19)27/h3-6,11-14,24H,7-10H2,1-2H3,(H,25,27). The van der Waals surface area contributed by atoms with Crippen LogP contribution in [0.4, 0.5) is 21.5 Å². The lowest BCUT2D eigenvalue weighted by Gasteiger charge is -2.33. The molecule has 4 nitrogen and oxygen atoms in total. The van der Waals surface area contributed by atoms with Crippen molar-refractivity contribution in [3.05, 3.63) is 59.5 Å². The first kappa shape index (κ1) is 17.6. The number of amides is 1. The van der Waals surface area contributed by atoms with Crippen LogP contribution in [0.2, 0.25) is 0 Å². The van der Waals surface area contributed by atoms with Gasteiger partial charge in [-0.15, -0.1) is 0 Å². The van der Waals surface area contributed by atoms with Gasteiger partial charge in [0.15, 0.2) is 0 Å². The minimum atomic E-state index is -0.354. The molecular weight excluding hydrogens is 341 g/mol. The third-order valence-electron chi connectivity index (χ3n) is 5.47. The molecule has 0 saturated carbocycles. The van der Waals surface area contributed by atoms with E-state index in [1.54, 1.807) is 12.3 Å². The average molecular weight is 365 g/mol. The van der Waals surface area contributed by atoms with E-state index in [0.717, 1.165) is 24.7 Å². The average Bonchev–Trinajstić information content (AvgIpc) is 2.95. The Balaban J connectivity index is 1.52. The molecule has 0 atom stereocenters. The number of piperidine rings is 1. The number of aryl methyl sites for hydroxylation is 1. The molecule has 0 aliphatic carbocycles. The minimum Gasteiger partial charge on any atom is -0.371 e. The van der Waals surface area contributed by atoms with Gasteiger partial charge in [-0.2, -0.15) is 0 Å². The van der Waals surface area contributed by atoms with Crippen LogP contribution in [0.25, 0.3) is 5.57 Å². The second-order valence-corrected chi connectivity index (χ2v) is 7.52. The second-order valence-electron chi connectivity index (χ2n) is 7.52. The normalized spacial score (nSPS) is 18.6. The molecule has 2 heterocycles. The molecule has 27 heavy (non-hydrogen) atoms. The molecule has 0 spiro atoms. The Bertz CT molecular complexity index is 914. The van der Waals surface area contributed by atoms with E-state index >= 15 is 0 Å². The molecule has 0 radical (unpaired) electrons. The van der Waals surface area contributed by atoms with Gasteiger partial charge in [0, 0.05) is 41.9 Å². The van der Waals surface area contributed by atoms with Gasteiger partial charge in [-0.05, 0) is 67.6 Å². The number of hydrogen-bond acceptors (Lipinski definition) is 3. The topological polar surface area (TPSA) is 44.4 Å². The Morgan fingerprint density at radius 2 is 1.96 bits per heavy atom. The number of fused-ring (bicyclic) bond motifs is 1. The molecule has 2 aliphatic heterocycles. The number of benzene rings is 2. The fourth-order valence-corrected chi connectivity index (χ4v) is 3.81. The van der Waals surface area contributed by atoms with Crippen molar-refractivity contribution < 1.29 is 9.18 Å². The third kappa shape index (κ3) is 3.54. The predicted molar refractivity (Wildman–Crippen MR) is 108 cm³/mol. The zero-order valence-corrected chi connectivity index (χ0v) is 15.7. The molecule has 1 fully saturated rings. The summed E-state index contributed by atoms with van der Waals surface area (Å²) in [5, 5.41) is 5.95.